The Bertz CT molecular complexity index is 410. The van der Waals surface area contributed by atoms with Gasteiger partial charge in [0.15, 0.2) is 0 Å². The Kier molecular flexibility index (Phi) is 6.42. The van der Waals surface area contributed by atoms with E-state index >= 15 is 0 Å². The van der Waals surface area contributed by atoms with Gasteiger partial charge in [0.25, 0.3) is 5.91 Å². The standard InChI is InChI=1S/C13H22N4O3.ClH/c1-14-7-8-15-10(18)4-9-17-11(19)13(16-12(17)20)5-2-3-6-13;/h14H,2-9H2,1H3,(H,15,18)(H,16,20);1H. The monoisotopic (exact) mass is 318 g/mol. The van der Waals surface area contributed by atoms with Gasteiger partial charge in [-0.3, -0.25) is 14.5 Å². The van der Waals surface area contributed by atoms with Crippen LogP contribution in [0.15, 0.2) is 0 Å². The predicted molar refractivity (Wildman–Crippen MR) is 80.2 cm³/mol. The maximum atomic E-state index is 12.3. The average Bonchev–Trinajstić information content (AvgIpc) is 2.96. The number of urea groups is 1. The largest absolute Gasteiger partial charge is 0.355 e. The number of nitrogens with zero attached hydrogens (tertiary/aromatic N) is 1. The van der Waals surface area contributed by atoms with Crippen molar-refractivity contribution in [2.75, 3.05) is 26.7 Å². The van der Waals surface area contributed by atoms with Gasteiger partial charge in [0.2, 0.25) is 5.91 Å². The van der Waals surface area contributed by atoms with E-state index in [4.69, 9.17) is 0 Å². The molecule has 8 heteroatoms. The molecule has 1 saturated carbocycles. The van der Waals surface area contributed by atoms with Crippen molar-refractivity contribution in [1.82, 2.24) is 20.9 Å². The number of amides is 4. The zero-order valence-electron chi connectivity index (χ0n) is 12.2. The molecular weight excluding hydrogens is 296 g/mol. The normalized spacial score (nSPS) is 19.6. The molecule has 1 aliphatic heterocycles. The maximum absolute atomic E-state index is 12.3. The second-order valence-corrected chi connectivity index (χ2v) is 5.38. The molecule has 2 aliphatic rings. The number of nitrogens with one attached hydrogen (secondary N) is 3. The SMILES string of the molecule is CNCCNC(=O)CCN1C(=O)NC2(CCCC2)C1=O.Cl. The highest BCUT2D eigenvalue weighted by molar-refractivity contribution is 6.07. The molecule has 7 nitrogen and oxygen atoms in total. The molecule has 0 aromatic carbocycles. The highest BCUT2D eigenvalue weighted by atomic mass is 35.5. The summed E-state index contributed by atoms with van der Waals surface area (Å²) in [5.74, 6) is -0.309. The van der Waals surface area contributed by atoms with Crippen LogP contribution in [0.2, 0.25) is 0 Å². The fourth-order valence-electron chi connectivity index (χ4n) is 2.83. The number of hydrogen-bond donors (Lipinski definition) is 3. The van der Waals surface area contributed by atoms with E-state index in [-0.39, 0.29) is 43.2 Å². The number of rotatable bonds is 6. The van der Waals surface area contributed by atoms with Crippen molar-refractivity contribution in [2.24, 2.45) is 0 Å². The minimum Gasteiger partial charge on any atom is -0.355 e. The van der Waals surface area contributed by atoms with E-state index in [9.17, 15) is 14.4 Å². The lowest BCUT2D eigenvalue weighted by Gasteiger charge is -2.19. The van der Waals surface area contributed by atoms with Crippen molar-refractivity contribution >= 4 is 30.3 Å². The summed E-state index contributed by atoms with van der Waals surface area (Å²) < 4.78 is 0. The second-order valence-electron chi connectivity index (χ2n) is 5.38. The number of imide groups is 1. The molecule has 1 saturated heterocycles. The molecule has 1 spiro atoms. The van der Waals surface area contributed by atoms with E-state index in [2.05, 4.69) is 16.0 Å². The topological polar surface area (TPSA) is 90.5 Å². The molecule has 1 heterocycles. The van der Waals surface area contributed by atoms with Crippen molar-refractivity contribution in [3.8, 4) is 0 Å². The van der Waals surface area contributed by atoms with Gasteiger partial charge in [-0.15, -0.1) is 12.4 Å². The number of hydrogen-bond acceptors (Lipinski definition) is 4. The molecule has 0 atom stereocenters. The Morgan fingerprint density at radius 2 is 1.95 bits per heavy atom. The zero-order chi connectivity index (χ0) is 14.6. The van der Waals surface area contributed by atoms with Crippen LogP contribution in [-0.4, -0.2) is 55.0 Å². The quantitative estimate of drug-likeness (QED) is 0.475. The molecule has 3 N–H and O–H groups in total. The van der Waals surface area contributed by atoms with Gasteiger partial charge in [-0.2, -0.15) is 0 Å². The first-order valence-corrected chi connectivity index (χ1v) is 7.14. The molecule has 120 valence electrons. The van der Waals surface area contributed by atoms with Gasteiger partial charge in [-0.1, -0.05) is 12.8 Å². The van der Waals surface area contributed by atoms with Crippen LogP contribution in [0.3, 0.4) is 0 Å². The number of carbonyl (C=O) groups excluding carboxylic acids is 3. The fourth-order valence-corrected chi connectivity index (χ4v) is 2.83. The van der Waals surface area contributed by atoms with Gasteiger partial charge >= 0.3 is 6.03 Å². The third-order valence-corrected chi connectivity index (χ3v) is 3.96. The molecule has 2 fully saturated rings. The summed E-state index contributed by atoms with van der Waals surface area (Å²) in [4.78, 5) is 37.0. The summed E-state index contributed by atoms with van der Waals surface area (Å²) in [5, 5.41) is 8.45. The second kappa shape index (κ2) is 7.61. The third-order valence-electron chi connectivity index (χ3n) is 3.96. The van der Waals surface area contributed by atoms with E-state index < -0.39 is 5.54 Å². The summed E-state index contributed by atoms with van der Waals surface area (Å²) >= 11 is 0. The van der Waals surface area contributed by atoms with Crippen molar-refractivity contribution in [2.45, 2.75) is 37.6 Å². The number of carbonyl (C=O) groups is 3. The van der Waals surface area contributed by atoms with Crippen LogP contribution in [-0.2, 0) is 9.59 Å². The molecule has 21 heavy (non-hydrogen) atoms. The Morgan fingerprint density at radius 1 is 1.29 bits per heavy atom. The van der Waals surface area contributed by atoms with Gasteiger partial charge in [-0.25, -0.2) is 4.79 Å². The number of halogens is 1. The lowest BCUT2D eigenvalue weighted by atomic mass is 9.98. The van der Waals surface area contributed by atoms with Gasteiger partial charge < -0.3 is 16.0 Å². The van der Waals surface area contributed by atoms with Gasteiger partial charge in [0, 0.05) is 26.1 Å². The number of likely N-dealkylation sites (N-methyl/N-ethyl adjacent to an activating group) is 1. The van der Waals surface area contributed by atoms with Crippen molar-refractivity contribution in [3.05, 3.63) is 0 Å². The molecule has 4 amide bonds. The fraction of sp³-hybridized carbons (Fsp3) is 0.769. The third kappa shape index (κ3) is 3.85. The lowest BCUT2D eigenvalue weighted by molar-refractivity contribution is -0.131. The van der Waals surface area contributed by atoms with Crippen LogP contribution >= 0.6 is 12.4 Å². The minimum absolute atomic E-state index is 0. The van der Waals surface area contributed by atoms with E-state index in [0.717, 1.165) is 12.8 Å². The molecule has 0 aromatic heterocycles. The van der Waals surface area contributed by atoms with Crippen LogP contribution in [0.5, 0.6) is 0 Å². The molecule has 0 aromatic rings. The minimum atomic E-state index is -0.681. The molecular formula is C13H23ClN4O3. The van der Waals surface area contributed by atoms with Crippen molar-refractivity contribution in [1.29, 1.82) is 0 Å². The van der Waals surface area contributed by atoms with E-state index in [1.807, 2.05) is 0 Å². The Balaban J connectivity index is 0.00000220. The van der Waals surface area contributed by atoms with Gasteiger partial charge in [-0.05, 0) is 19.9 Å². The van der Waals surface area contributed by atoms with Crippen LogP contribution < -0.4 is 16.0 Å². The Labute approximate surface area is 130 Å². The van der Waals surface area contributed by atoms with Crippen LogP contribution in [0, 0.1) is 0 Å². The first-order chi connectivity index (χ1) is 9.59. The molecule has 0 radical (unpaired) electrons. The summed E-state index contributed by atoms with van der Waals surface area (Å²) in [6, 6.07) is -0.361. The highest BCUT2D eigenvalue weighted by Crippen LogP contribution is 2.34. The summed E-state index contributed by atoms with van der Waals surface area (Å²) in [6.45, 7) is 1.38. The maximum Gasteiger partial charge on any atom is 0.325 e. The van der Waals surface area contributed by atoms with Crippen LogP contribution in [0.25, 0.3) is 0 Å². The molecule has 0 unspecified atom stereocenters. The Morgan fingerprint density at radius 3 is 2.57 bits per heavy atom. The predicted octanol–water partition coefficient (Wildman–Crippen LogP) is -0.00150. The smallest absolute Gasteiger partial charge is 0.325 e. The average molecular weight is 319 g/mol. The lowest BCUT2D eigenvalue weighted by Crippen LogP contribution is -2.44. The zero-order valence-corrected chi connectivity index (χ0v) is 13.1. The highest BCUT2D eigenvalue weighted by Gasteiger charge is 2.52. The van der Waals surface area contributed by atoms with Crippen molar-refractivity contribution in [3.63, 3.8) is 0 Å². The van der Waals surface area contributed by atoms with Gasteiger partial charge in [0.05, 0.1) is 0 Å². The molecule has 0 bridgehead atoms. The first kappa shape index (κ1) is 17.7. The van der Waals surface area contributed by atoms with E-state index in [0.29, 0.717) is 25.9 Å². The van der Waals surface area contributed by atoms with Crippen molar-refractivity contribution < 1.29 is 14.4 Å². The van der Waals surface area contributed by atoms with Crippen LogP contribution in [0.1, 0.15) is 32.1 Å². The molecule has 1 aliphatic carbocycles. The first-order valence-electron chi connectivity index (χ1n) is 7.14. The summed E-state index contributed by atoms with van der Waals surface area (Å²) in [7, 11) is 1.81. The van der Waals surface area contributed by atoms with Gasteiger partial charge in [0.1, 0.15) is 5.54 Å². The van der Waals surface area contributed by atoms with E-state index in [1.54, 1.807) is 7.05 Å². The summed E-state index contributed by atoms with van der Waals surface area (Å²) in [5.41, 5.74) is -0.681. The summed E-state index contributed by atoms with van der Waals surface area (Å²) in [6.07, 6.45) is 3.50. The molecule has 2 rings (SSSR count). The van der Waals surface area contributed by atoms with Crippen LogP contribution in [0.4, 0.5) is 4.79 Å². The Hall–Kier alpha value is -1.34. The van der Waals surface area contributed by atoms with E-state index in [1.165, 1.54) is 4.90 Å².